The Bertz CT molecular complexity index is 677. The van der Waals surface area contributed by atoms with Crippen molar-refractivity contribution >= 4 is 17.6 Å². The number of hydrogen-bond acceptors (Lipinski definition) is 4. The number of carbonyl (C=O) groups excluding carboxylic acids is 2. The SMILES string of the molecule is CC(C)(N)C(=O)NC(CCCc1ccccc1)C(=O)Nc1cnc[nH]1. The van der Waals surface area contributed by atoms with Crippen molar-refractivity contribution in [2.24, 2.45) is 5.73 Å². The Hall–Kier alpha value is -2.67. The van der Waals surface area contributed by atoms with Crippen LogP contribution in [-0.4, -0.2) is 33.4 Å². The number of imidazole rings is 1. The van der Waals surface area contributed by atoms with Gasteiger partial charge in [-0.25, -0.2) is 4.98 Å². The van der Waals surface area contributed by atoms with E-state index >= 15 is 0 Å². The van der Waals surface area contributed by atoms with Gasteiger partial charge in [-0.15, -0.1) is 0 Å². The first-order valence-corrected chi connectivity index (χ1v) is 8.29. The molecule has 1 aromatic heterocycles. The van der Waals surface area contributed by atoms with Crippen LogP contribution in [0.15, 0.2) is 42.9 Å². The van der Waals surface area contributed by atoms with Crippen molar-refractivity contribution in [1.29, 1.82) is 0 Å². The quantitative estimate of drug-likeness (QED) is 0.583. The van der Waals surface area contributed by atoms with E-state index in [9.17, 15) is 9.59 Å². The summed E-state index contributed by atoms with van der Waals surface area (Å²) in [7, 11) is 0. The van der Waals surface area contributed by atoms with Gasteiger partial charge in [-0.05, 0) is 38.7 Å². The molecule has 2 aromatic rings. The third-order valence-electron chi connectivity index (χ3n) is 3.76. The van der Waals surface area contributed by atoms with Gasteiger partial charge in [0.15, 0.2) is 0 Å². The Kier molecular flexibility index (Phi) is 6.30. The van der Waals surface area contributed by atoms with Crippen LogP contribution in [0.25, 0.3) is 0 Å². The Balaban J connectivity index is 1.97. The molecule has 1 aromatic carbocycles. The number of anilines is 1. The fraction of sp³-hybridized carbons (Fsp3) is 0.389. The van der Waals surface area contributed by atoms with Crippen LogP contribution in [0.3, 0.4) is 0 Å². The van der Waals surface area contributed by atoms with Crippen LogP contribution in [0.4, 0.5) is 5.82 Å². The number of hydrogen-bond donors (Lipinski definition) is 4. The number of nitrogens with two attached hydrogens (primary N) is 1. The Labute approximate surface area is 147 Å². The smallest absolute Gasteiger partial charge is 0.248 e. The van der Waals surface area contributed by atoms with Gasteiger partial charge in [-0.1, -0.05) is 30.3 Å². The Morgan fingerprint density at radius 2 is 2.00 bits per heavy atom. The molecular formula is C18H25N5O2. The van der Waals surface area contributed by atoms with E-state index in [4.69, 9.17) is 5.73 Å². The number of aromatic amines is 1. The van der Waals surface area contributed by atoms with Crippen molar-refractivity contribution < 1.29 is 9.59 Å². The highest BCUT2D eigenvalue weighted by Crippen LogP contribution is 2.10. The number of carbonyl (C=O) groups is 2. The number of aromatic nitrogens is 2. The summed E-state index contributed by atoms with van der Waals surface area (Å²) in [6.45, 7) is 3.21. The van der Waals surface area contributed by atoms with Crippen LogP contribution in [0, 0.1) is 0 Å². The average molecular weight is 343 g/mol. The molecule has 0 aliphatic rings. The van der Waals surface area contributed by atoms with Gasteiger partial charge in [0.1, 0.15) is 11.9 Å². The van der Waals surface area contributed by atoms with Gasteiger partial charge in [0.25, 0.3) is 0 Å². The molecule has 0 saturated heterocycles. The summed E-state index contributed by atoms with van der Waals surface area (Å²) in [5, 5.41) is 5.46. The molecule has 0 radical (unpaired) electrons. The van der Waals surface area contributed by atoms with E-state index in [1.54, 1.807) is 13.8 Å². The maximum Gasteiger partial charge on any atom is 0.248 e. The molecule has 1 heterocycles. The number of amides is 2. The number of nitrogens with zero attached hydrogens (tertiary/aromatic N) is 1. The van der Waals surface area contributed by atoms with Crippen molar-refractivity contribution in [3.63, 3.8) is 0 Å². The van der Waals surface area contributed by atoms with Crippen molar-refractivity contribution in [3.8, 4) is 0 Å². The second-order valence-electron chi connectivity index (χ2n) is 6.58. The Morgan fingerprint density at radius 1 is 1.28 bits per heavy atom. The van der Waals surface area contributed by atoms with Gasteiger partial charge in [0.2, 0.25) is 11.8 Å². The van der Waals surface area contributed by atoms with E-state index in [1.165, 1.54) is 18.1 Å². The molecule has 2 amide bonds. The fourth-order valence-electron chi connectivity index (χ4n) is 2.31. The molecule has 0 bridgehead atoms. The van der Waals surface area contributed by atoms with E-state index in [0.717, 1.165) is 12.8 Å². The van der Waals surface area contributed by atoms with Crippen LogP contribution in [-0.2, 0) is 16.0 Å². The minimum absolute atomic E-state index is 0.296. The molecule has 0 spiro atoms. The first-order valence-electron chi connectivity index (χ1n) is 8.29. The van der Waals surface area contributed by atoms with Gasteiger partial charge in [-0.3, -0.25) is 9.59 Å². The zero-order valence-electron chi connectivity index (χ0n) is 14.6. The molecule has 2 rings (SSSR count). The molecule has 7 nitrogen and oxygen atoms in total. The van der Waals surface area contributed by atoms with Crippen LogP contribution >= 0.6 is 0 Å². The lowest BCUT2D eigenvalue weighted by atomic mass is 10.0. The van der Waals surface area contributed by atoms with Crippen LogP contribution in [0.2, 0.25) is 0 Å². The minimum Gasteiger partial charge on any atom is -0.343 e. The lowest BCUT2D eigenvalue weighted by molar-refractivity contribution is -0.129. The molecule has 5 N–H and O–H groups in total. The van der Waals surface area contributed by atoms with E-state index < -0.39 is 11.6 Å². The van der Waals surface area contributed by atoms with Gasteiger partial charge in [0, 0.05) is 0 Å². The van der Waals surface area contributed by atoms with Gasteiger partial charge < -0.3 is 21.4 Å². The van der Waals surface area contributed by atoms with E-state index in [2.05, 4.69) is 20.6 Å². The molecule has 0 aliphatic carbocycles. The number of aryl methyl sites for hydroxylation is 1. The zero-order valence-corrected chi connectivity index (χ0v) is 14.6. The van der Waals surface area contributed by atoms with Crippen LogP contribution in [0.1, 0.15) is 32.3 Å². The number of nitrogens with one attached hydrogen (secondary N) is 3. The second-order valence-corrected chi connectivity index (χ2v) is 6.58. The first-order chi connectivity index (χ1) is 11.9. The maximum atomic E-state index is 12.5. The van der Waals surface area contributed by atoms with E-state index in [-0.39, 0.29) is 11.8 Å². The second kappa shape index (κ2) is 8.43. The number of H-pyrrole nitrogens is 1. The van der Waals surface area contributed by atoms with Crippen molar-refractivity contribution in [1.82, 2.24) is 15.3 Å². The molecular weight excluding hydrogens is 318 g/mol. The monoisotopic (exact) mass is 343 g/mol. The highest BCUT2D eigenvalue weighted by molar-refractivity contribution is 5.97. The molecule has 0 aliphatic heterocycles. The Morgan fingerprint density at radius 3 is 2.60 bits per heavy atom. The van der Waals surface area contributed by atoms with Crippen molar-refractivity contribution in [3.05, 3.63) is 48.4 Å². The molecule has 1 atom stereocenters. The summed E-state index contributed by atoms with van der Waals surface area (Å²) in [6.07, 6.45) is 5.08. The first kappa shape index (κ1) is 18.7. The third kappa shape index (κ3) is 6.04. The fourth-order valence-corrected chi connectivity index (χ4v) is 2.31. The third-order valence-corrected chi connectivity index (χ3v) is 3.76. The molecule has 25 heavy (non-hydrogen) atoms. The summed E-state index contributed by atoms with van der Waals surface area (Å²) in [5.74, 6) is -0.175. The molecule has 0 fully saturated rings. The lowest BCUT2D eigenvalue weighted by Gasteiger charge is -2.23. The summed E-state index contributed by atoms with van der Waals surface area (Å²) >= 11 is 0. The zero-order chi connectivity index (χ0) is 18.3. The number of benzene rings is 1. The average Bonchev–Trinajstić information content (AvgIpc) is 3.06. The summed E-state index contributed by atoms with van der Waals surface area (Å²) in [5.41, 5.74) is 5.97. The predicted molar refractivity (Wildman–Crippen MR) is 96.8 cm³/mol. The van der Waals surface area contributed by atoms with Gasteiger partial charge in [-0.2, -0.15) is 0 Å². The lowest BCUT2D eigenvalue weighted by Crippen LogP contribution is -2.54. The van der Waals surface area contributed by atoms with Crippen LogP contribution in [0.5, 0.6) is 0 Å². The van der Waals surface area contributed by atoms with Crippen molar-refractivity contribution in [2.45, 2.75) is 44.7 Å². The summed E-state index contributed by atoms with van der Waals surface area (Å²) < 4.78 is 0. The van der Waals surface area contributed by atoms with Crippen molar-refractivity contribution in [2.75, 3.05) is 5.32 Å². The highest BCUT2D eigenvalue weighted by Gasteiger charge is 2.28. The molecule has 134 valence electrons. The molecule has 1 unspecified atom stereocenters. The predicted octanol–water partition coefficient (Wildman–Crippen LogP) is 1.59. The molecule has 0 saturated carbocycles. The molecule has 7 heteroatoms. The van der Waals surface area contributed by atoms with Crippen LogP contribution < -0.4 is 16.4 Å². The number of rotatable bonds is 8. The summed E-state index contributed by atoms with van der Waals surface area (Å²) in [6, 6.07) is 9.35. The summed E-state index contributed by atoms with van der Waals surface area (Å²) in [4.78, 5) is 31.3. The van der Waals surface area contributed by atoms with Gasteiger partial charge >= 0.3 is 0 Å². The normalized spacial score (nSPS) is 12.4. The largest absolute Gasteiger partial charge is 0.343 e. The van der Waals surface area contributed by atoms with E-state index in [0.29, 0.717) is 12.2 Å². The standard InChI is InChI=1S/C18H25N5O2/c1-18(2,19)17(25)22-14(16(24)23-15-11-20-12-21-15)10-6-9-13-7-4-3-5-8-13/h3-5,7-8,11-12,14H,6,9-10,19H2,1-2H3,(H,20,21)(H,22,25)(H,23,24). The topological polar surface area (TPSA) is 113 Å². The highest BCUT2D eigenvalue weighted by atomic mass is 16.2. The maximum absolute atomic E-state index is 12.5. The minimum atomic E-state index is -1.05. The van der Waals surface area contributed by atoms with Gasteiger partial charge in [0.05, 0.1) is 18.1 Å². The van der Waals surface area contributed by atoms with E-state index in [1.807, 2.05) is 30.3 Å².